The number of ether oxygens (including phenoxy) is 1. The number of nitrogens with zero attached hydrogens (tertiary/aromatic N) is 7. The molecule has 3 aromatic heterocycles. The topological polar surface area (TPSA) is 94.5 Å². The highest BCUT2D eigenvalue weighted by molar-refractivity contribution is 6.09. The van der Waals surface area contributed by atoms with Gasteiger partial charge >= 0.3 is 0 Å². The summed E-state index contributed by atoms with van der Waals surface area (Å²) in [6.45, 7) is 8.01. The fourth-order valence-corrected chi connectivity index (χ4v) is 5.61. The van der Waals surface area contributed by atoms with Crippen LogP contribution in [0.5, 0.6) is 0 Å². The van der Waals surface area contributed by atoms with Gasteiger partial charge in [-0.2, -0.15) is 10.2 Å². The normalized spacial score (nSPS) is 17.7. The number of aryl methyl sites for hydroxylation is 2. The first-order valence-electron chi connectivity index (χ1n) is 14.8. The number of hydrogen-bond donors (Lipinski definition) is 1. The molecule has 3 aromatic rings. The lowest BCUT2D eigenvalue weighted by Gasteiger charge is -2.24. The summed E-state index contributed by atoms with van der Waals surface area (Å²) in [6.07, 6.45) is 16.6. The molecule has 1 aliphatic carbocycles. The van der Waals surface area contributed by atoms with E-state index in [9.17, 15) is 0 Å². The van der Waals surface area contributed by atoms with Crippen molar-refractivity contribution in [2.24, 2.45) is 23.0 Å². The van der Waals surface area contributed by atoms with Crippen LogP contribution in [-0.2, 0) is 24.8 Å². The quantitative estimate of drug-likeness (QED) is 0.304. The molecule has 0 saturated carbocycles. The molecule has 0 amide bonds. The summed E-state index contributed by atoms with van der Waals surface area (Å²) in [7, 11) is 5.54. The molecule has 42 heavy (non-hydrogen) atoms. The average molecular weight is 567 g/mol. The van der Waals surface area contributed by atoms with Crippen LogP contribution in [0.25, 0.3) is 22.4 Å². The maximum absolute atomic E-state index is 5.17. The number of fused-ring (bicyclic) bond motifs is 3. The monoisotopic (exact) mass is 566 g/mol. The van der Waals surface area contributed by atoms with Crippen molar-refractivity contribution < 1.29 is 4.74 Å². The van der Waals surface area contributed by atoms with Crippen LogP contribution in [0.3, 0.4) is 0 Å². The van der Waals surface area contributed by atoms with Crippen molar-refractivity contribution in [2.75, 3.05) is 26.1 Å². The number of anilines is 1. The summed E-state index contributed by atoms with van der Waals surface area (Å²) in [5, 5.41) is 12.9. The van der Waals surface area contributed by atoms with Gasteiger partial charge in [0.15, 0.2) is 0 Å². The van der Waals surface area contributed by atoms with Gasteiger partial charge in [-0.1, -0.05) is 31.9 Å². The summed E-state index contributed by atoms with van der Waals surface area (Å²) >= 11 is 0. The largest absolute Gasteiger partial charge is 0.383 e. The van der Waals surface area contributed by atoms with Gasteiger partial charge in [-0.05, 0) is 55.4 Å². The Hall–Kier alpha value is -4.11. The fourth-order valence-electron chi connectivity index (χ4n) is 5.61. The van der Waals surface area contributed by atoms with Crippen LogP contribution in [0.2, 0.25) is 0 Å². The zero-order valence-electron chi connectivity index (χ0n) is 25.7. The van der Waals surface area contributed by atoms with E-state index in [4.69, 9.17) is 19.8 Å². The van der Waals surface area contributed by atoms with Crippen LogP contribution in [-0.4, -0.2) is 57.4 Å². The number of methoxy groups -OCH3 is 1. The second-order valence-corrected chi connectivity index (χ2v) is 11.1. The summed E-state index contributed by atoms with van der Waals surface area (Å²) < 4.78 is 9.06. The standard InChI is InChI=1S/C33H42N8O/c1-7-22(2)16-26(17-34-4)28-11-10-25(19-35-28)33-32-29(39-40(33)5)12-9-24-18-36-30(13-8-23(3)31(24)32)38-27-20-37-41(21-27)14-15-42-6/h10-11,16-22H,7-9,12-15H2,1-6H3,(H,36,38)/b24-18-,26-16+,31-23?,34-17?. The third kappa shape index (κ3) is 6.36. The minimum absolute atomic E-state index is 0.458. The summed E-state index contributed by atoms with van der Waals surface area (Å²) in [6, 6.07) is 4.26. The molecule has 1 atom stereocenters. The van der Waals surface area contributed by atoms with Crippen molar-refractivity contribution in [3.05, 3.63) is 71.1 Å². The zero-order chi connectivity index (χ0) is 29.6. The van der Waals surface area contributed by atoms with Gasteiger partial charge in [0.25, 0.3) is 0 Å². The second kappa shape index (κ2) is 13.2. The van der Waals surface area contributed by atoms with Crippen LogP contribution in [0.4, 0.5) is 5.69 Å². The molecule has 5 rings (SSSR count). The van der Waals surface area contributed by atoms with E-state index in [1.54, 1.807) is 14.2 Å². The summed E-state index contributed by atoms with van der Waals surface area (Å²) in [4.78, 5) is 14.1. The molecule has 1 aliphatic heterocycles. The number of nitrogens with one attached hydrogen (secondary N) is 1. The van der Waals surface area contributed by atoms with Gasteiger partial charge in [-0.25, -0.2) is 4.99 Å². The minimum Gasteiger partial charge on any atom is -0.383 e. The second-order valence-electron chi connectivity index (χ2n) is 11.1. The number of aliphatic imine (C=N–C) groups is 2. The maximum atomic E-state index is 5.17. The number of hydrogen-bond acceptors (Lipinski definition) is 7. The van der Waals surface area contributed by atoms with Crippen molar-refractivity contribution in [1.29, 1.82) is 0 Å². The smallest absolute Gasteiger partial charge is 0.106 e. The van der Waals surface area contributed by atoms with E-state index in [0.717, 1.165) is 78.4 Å². The van der Waals surface area contributed by atoms with Crippen molar-refractivity contribution in [3.8, 4) is 11.3 Å². The van der Waals surface area contributed by atoms with E-state index in [1.807, 2.05) is 47.4 Å². The Morgan fingerprint density at radius 1 is 1.19 bits per heavy atom. The van der Waals surface area contributed by atoms with Gasteiger partial charge in [-0.15, -0.1) is 0 Å². The molecule has 0 radical (unpaired) electrons. The van der Waals surface area contributed by atoms with Crippen molar-refractivity contribution in [1.82, 2.24) is 24.5 Å². The van der Waals surface area contributed by atoms with E-state index < -0.39 is 0 Å². The van der Waals surface area contributed by atoms with Crippen LogP contribution in [0.15, 0.2) is 64.1 Å². The molecular weight excluding hydrogens is 524 g/mol. The Labute approximate surface area is 248 Å². The maximum Gasteiger partial charge on any atom is 0.106 e. The number of aromatic nitrogens is 5. The van der Waals surface area contributed by atoms with E-state index in [2.05, 4.69) is 54.4 Å². The first kappa shape index (κ1) is 29.4. The van der Waals surface area contributed by atoms with Gasteiger partial charge in [0.05, 0.1) is 42.1 Å². The molecule has 1 unspecified atom stereocenters. The van der Waals surface area contributed by atoms with Gasteiger partial charge in [0.1, 0.15) is 5.84 Å². The summed E-state index contributed by atoms with van der Waals surface area (Å²) in [5.41, 5.74) is 11.3. The lowest BCUT2D eigenvalue weighted by Crippen LogP contribution is -2.14. The first-order valence-corrected chi connectivity index (χ1v) is 14.8. The fraction of sp³-hybridized carbons (Fsp3) is 0.424. The third-order valence-electron chi connectivity index (χ3n) is 8.02. The van der Waals surface area contributed by atoms with Crippen LogP contribution in [0, 0.1) is 5.92 Å². The molecule has 0 aromatic carbocycles. The molecule has 9 heteroatoms. The predicted octanol–water partition coefficient (Wildman–Crippen LogP) is 6.36. The first-order chi connectivity index (χ1) is 20.4. The number of rotatable bonds is 9. The van der Waals surface area contributed by atoms with E-state index in [1.165, 1.54) is 22.3 Å². The molecule has 0 fully saturated rings. The molecular formula is C33H42N8O. The molecule has 4 heterocycles. The molecule has 9 nitrogen and oxygen atoms in total. The highest BCUT2D eigenvalue weighted by Crippen LogP contribution is 2.43. The molecule has 0 saturated heterocycles. The van der Waals surface area contributed by atoms with Gasteiger partial charge in [0, 0.05) is 69.1 Å². The number of amidine groups is 1. The molecule has 2 aliphatic rings. The number of allylic oxidation sites excluding steroid dienone is 5. The molecule has 220 valence electrons. The Balaban J connectivity index is 1.45. The highest BCUT2D eigenvalue weighted by atomic mass is 16.5. The van der Waals surface area contributed by atoms with Gasteiger partial charge in [0.2, 0.25) is 0 Å². The van der Waals surface area contributed by atoms with Crippen LogP contribution < -0.4 is 5.32 Å². The average Bonchev–Trinajstić information content (AvgIpc) is 3.58. The van der Waals surface area contributed by atoms with Crippen LogP contribution in [0.1, 0.15) is 63.4 Å². The Morgan fingerprint density at radius 2 is 2.05 bits per heavy atom. The highest BCUT2D eigenvalue weighted by Gasteiger charge is 2.29. The Bertz CT molecular complexity index is 1570. The zero-order valence-corrected chi connectivity index (χ0v) is 25.7. The SMILES string of the molecule is CCC(C)/C=C(\C=NC)c1ccc(-c2c3c(nn2C)CC/C2=C/N=C(Nc4cnn(CCOC)c4)CCC(C)=C23)cn1. The van der Waals surface area contributed by atoms with Crippen LogP contribution >= 0.6 is 0 Å². The van der Waals surface area contributed by atoms with Crippen molar-refractivity contribution in [2.45, 2.75) is 59.4 Å². The minimum atomic E-state index is 0.458. The van der Waals surface area contributed by atoms with Gasteiger partial charge < -0.3 is 10.1 Å². The summed E-state index contributed by atoms with van der Waals surface area (Å²) in [5.74, 6) is 1.40. The Morgan fingerprint density at radius 3 is 2.79 bits per heavy atom. The lowest BCUT2D eigenvalue weighted by molar-refractivity contribution is 0.183. The lowest BCUT2D eigenvalue weighted by atomic mass is 9.81. The predicted molar refractivity (Wildman–Crippen MR) is 172 cm³/mol. The number of pyridine rings is 1. The van der Waals surface area contributed by atoms with Gasteiger partial charge in [-0.3, -0.25) is 19.3 Å². The van der Waals surface area contributed by atoms with Crippen molar-refractivity contribution in [3.63, 3.8) is 0 Å². The molecule has 0 spiro atoms. The third-order valence-corrected chi connectivity index (χ3v) is 8.02. The van der Waals surface area contributed by atoms with E-state index in [0.29, 0.717) is 12.5 Å². The molecule has 0 bridgehead atoms. The van der Waals surface area contributed by atoms with Crippen molar-refractivity contribution >= 4 is 28.9 Å². The van der Waals surface area contributed by atoms with E-state index in [-0.39, 0.29) is 0 Å². The van der Waals surface area contributed by atoms with E-state index >= 15 is 0 Å². The Kier molecular flexibility index (Phi) is 9.27. The molecule has 1 N–H and O–H groups in total.